The minimum absolute atomic E-state index is 0.404. The van der Waals surface area contributed by atoms with Gasteiger partial charge in [-0.1, -0.05) is 12.1 Å². The predicted molar refractivity (Wildman–Crippen MR) is 45.1 cm³/mol. The quantitative estimate of drug-likeness (QED) is 0.422. The lowest BCUT2D eigenvalue weighted by Crippen LogP contribution is -2.42. The Morgan fingerprint density at radius 3 is 2.73 bits per heavy atom. The molecule has 0 aliphatic carbocycles. The third-order valence-corrected chi connectivity index (χ3v) is 2.52. The van der Waals surface area contributed by atoms with Crippen molar-refractivity contribution in [3.05, 3.63) is 0 Å². The van der Waals surface area contributed by atoms with E-state index in [0.717, 1.165) is 18.7 Å². The minimum atomic E-state index is 0.404. The maximum absolute atomic E-state index is 8.63. The van der Waals surface area contributed by atoms with Gasteiger partial charge in [0.05, 0.1) is 5.71 Å². The summed E-state index contributed by atoms with van der Waals surface area (Å²) in [7, 11) is 2.11. The summed E-state index contributed by atoms with van der Waals surface area (Å²) in [5.74, 6) is 0.404. The van der Waals surface area contributed by atoms with E-state index in [2.05, 4.69) is 31.0 Å². The number of rotatable bonds is 0. The molecule has 0 aromatic rings. The molecule has 2 atom stereocenters. The van der Waals surface area contributed by atoms with E-state index in [-0.39, 0.29) is 0 Å². The molecular weight excluding hydrogens is 140 g/mol. The molecule has 0 aromatic carbocycles. The Balaban J connectivity index is 2.62. The number of oxime groups is 1. The Labute approximate surface area is 67.7 Å². The number of likely N-dealkylation sites (tertiary alicyclic amines) is 1. The van der Waals surface area contributed by atoms with Crippen molar-refractivity contribution in [1.29, 1.82) is 0 Å². The highest BCUT2D eigenvalue weighted by atomic mass is 16.4. The maximum Gasteiger partial charge on any atom is 0.0627 e. The summed E-state index contributed by atoms with van der Waals surface area (Å²) < 4.78 is 0. The van der Waals surface area contributed by atoms with Crippen LogP contribution in [-0.2, 0) is 0 Å². The van der Waals surface area contributed by atoms with Gasteiger partial charge in [0, 0.05) is 24.9 Å². The number of hydrogen-bond acceptors (Lipinski definition) is 3. The van der Waals surface area contributed by atoms with Crippen LogP contribution in [0.2, 0.25) is 0 Å². The summed E-state index contributed by atoms with van der Waals surface area (Å²) in [6.45, 7) is 5.25. The molecule has 11 heavy (non-hydrogen) atoms. The lowest BCUT2D eigenvalue weighted by Gasteiger charge is -2.33. The van der Waals surface area contributed by atoms with E-state index in [9.17, 15) is 0 Å². The predicted octanol–water partition coefficient (Wildman–Crippen LogP) is 1.18. The largest absolute Gasteiger partial charge is 0.411 e. The zero-order valence-electron chi connectivity index (χ0n) is 7.41. The molecule has 0 radical (unpaired) electrons. The molecule has 3 heteroatoms. The standard InChI is InChI=1S/C8H16N2O/c1-6-5-10(3)7(2)4-8(6)9-11/h6-7,11H,4-5H2,1-3H3/b9-8-/t6-,7-/m0/s1. The summed E-state index contributed by atoms with van der Waals surface area (Å²) in [5.41, 5.74) is 0.940. The van der Waals surface area contributed by atoms with Gasteiger partial charge in [-0.2, -0.15) is 0 Å². The van der Waals surface area contributed by atoms with Crippen molar-refractivity contribution < 1.29 is 5.21 Å². The van der Waals surface area contributed by atoms with Gasteiger partial charge < -0.3 is 10.1 Å². The second-order valence-corrected chi connectivity index (χ2v) is 3.49. The van der Waals surface area contributed by atoms with Crippen LogP contribution in [0.15, 0.2) is 5.16 Å². The highest BCUT2D eigenvalue weighted by Crippen LogP contribution is 2.17. The first-order valence-electron chi connectivity index (χ1n) is 4.06. The second-order valence-electron chi connectivity index (χ2n) is 3.49. The van der Waals surface area contributed by atoms with Crippen LogP contribution in [0.4, 0.5) is 0 Å². The van der Waals surface area contributed by atoms with Crippen LogP contribution in [0.25, 0.3) is 0 Å². The van der Waals surface area contributed by atoms with Crippen LogP contribution in [0.5, 0.6) is 0 Å². The van der Waals surface area contributed by atoms with Gasteiger partial charge in [0.25, 0.3) is 0 Å². The van der Waals surface area contributed by atoms with E-state index in [4.69, 9.17) is 5.21 Å². The molecule has 1 heterocycles. The zero-order chi connectivity index (χ0) is 8.43. The molecule has 0 aromatic heterocycles. The van der Waals surface area contributed by atoms with Gasteiger partial charge in [-0.25, -0.2) is 0 Å². The summed E-state index contributed by atoms with van der Waals surface area (Å²) in [4.78, 5) is 2.29. The van der Waals surface area contributed by atoms with Crippen molar-refractivity contribution in [3.8, 4) is 0 Å². The summed E-state index contributed by atoms with van der Waals surface area (Å²) in [6, 6.07) is 0.511. The van der Waals surface area contributed by atoms with Gasteiger partial charge >= 0.3 is 0 Å². The van der Waals surface area contributed by atoms with Crippen molar-refractivity contribution in [3.63, 3.8) is 0 Å². The van der Waals surface area contributed by atoms with Crippen molar-refractivity contribution in [1.82, 2.24) is 4.90 Å². The van der Waals surface area contributed by atoms with Crippen molar-refractivity contribution in [2.75, 3.05) is 13.6 Å². The summed E-state index contributed by atoms with van der Waals surface area (Å²) >= 11 is 0. The van der Waals surface area contributed by atoms with Crippen molar-refractivity contribution in [2.24, 2.45) is 11.1 Å². The molecular formula is C8H16N2O. The number of piperidine rings is 1. The fraction of sp³-hybridized carbons (Fsp3) is 0.875. The van der Waals surface area contributed by atoms with Crippen LogP contribution >= 0.6 is 0 Å². The minimum Gasteiger partial charge on any atom is -0.411 e. The van der Waals surface area contributed by atoms with Gasteiger partial charge in [0.15, 0.2) is 0 Å². The van der Waals surface area contributed by atoms with Crippen LogP contribution in [-0.4, -0.2) is 35.5 Å². The van der Waals surface area contributed by atoms with Gasteiger partial charge in [0.2, 0.25) is 0 Å². The number of nitrogens with zero attached hydrogens (tertiary/aromatic N) is 2. The Bertz CT molecular complexity index is 167. The van der Waals surface area contributed by atoms with Crippen LogP contribution in [0.3, 0.4) is 0 Å². The molecule has 0 amide bonds. The molecule has 1 saturated heterocycles. The Hall–Kier alpha value is -0.570. The summed E-state index contributed by atoms with van der Waals surface area (Å²) in [6.07, 6.45) is 0.897. The van der Waals surface area contributed by atoms with Crippen molar-refractivity contribution in [2.45, 2.75) is 26.3 Å². The smallest absolute Gasteiger partial charge is 0.0627 e. The molecule has 0 saturated carbocycles. The van der Waals surface area contributed by atoms with Gasteiger partial charge in [-0.15, -0.1) is 0 Å². The first-order valence-corrected chi connectivity index (χ1v) is 4.06. The molecule has 1 fully saturated rings. The first kappa shape index (κ1) is 8.53. The van der Waals surface area contributed by atoms with Crippen LogP contribution in [0, 0.1) is 5.92 Å². The lowest BCUT2D eigenvalue weighted by molar-refractivity contribution is 0.216. The molecule has 1 aliphatic rings. The normalized spacial score (nSPS) is 37.9. The Morgan fingerprint density at radius 1 is 1.55 bits per heavy atom. The van der Waals surface area contributed by atoms with Crippen LogP contribution in [0.1, 0.15) is 20.3 Å². The maximum atomic E-state index is 8.63. The van der Waals surface area contributed by atoms with Gasteiger partial charge in [0.1, 0.15) is 0 Å². The molecule has 0 bridgehead atoms. The molecule has 1 aliphatic heterocycles. The first-order chi connectivity index (χ1) is 5.15. The summed E-state index contributed by atoms with van der Waals surface area (Å²) in [5, 5.41) is 11.9. The van der Waals surface area contributed by atoms with Gasteiger partial charge in [-0.3, -0.25) is 0 Å². The van der Waals surface area contributed by atoms with E-state index >= 15 is 0 Å². The third kappa shape index (κ3) is 1.71. The van der Waals surface area contributed by atoms with E-state index in [1.165, 1.54) is 0 Å². The van der Waals surface area contributed by atoms with E-state index in [1.54, 1.807) is 0 Å². The molecule has 64 valence electrons. The zero-order valence-corrected chi connectivity index (χ0v) is 7.41. The van der Waals surface area contributed by atoms with E-state index < -0.39 is 0 Å². The van der Waals surface area contributed by atoms with Crippen LogP contribution < -0.4 is 0 Å². The fourth-order valence-corrected chi connectivity index (χ4v) is 1.52. The third-order valence-electron chi connectivity index (χ3n) is 2.52. The second kappa shape index (κ2) is 3.22. The average molecular weight is 156 g/mol. The van der Waals surface area contributed by atoms with Gasteiger partial charge in [-0.05, 0) is 14.0 Å². The Morgan fingerprint density at radius 2 is 2.18 bits per heavy atom. The Kier molecular flexibility index (Phi) is 2.49. The van der Waals surface area contributed by atoms with E-state index in [1.807, 2.05) is 0 Å². The SMILES string of the molecule is C[C@H]1CN(C)[C@@H](C)C/C1=N/O. The topological polar surface area (TPSA) is 35.8 Å². The molecule has 1 rings (SSSR count). The number of hydrogen-bond donors (Lipinski definition) is 1. The molecule has 1 N–H and O–H groups in total. The molecule has 0 unspecified atom stereocenters. The highest BCUT2D eigenvalue weighted by molar-refractivity contribution is 5.87. The molecule has 3 nitrogen and oxygen atoms in total. The van der Waals surface area contributed by atoms with Crippen molar-refractivity contribution >= 4 is 5.71 Å². The fourth-order valence-electron chi connectivity index (χ4n) is 1.52. The van der Waals surface area contributed by atoms with E-state index in [0.29, 0.717) is 12.0 Å². The highest BCUT2D eigenvalue weighted by Gasteiger charge is 2.25. The lowest BCUT2D eigenvalue weighted by atomic mass is 9.93. The average Bonchev–Trinajstić information content (AvgIpc) is 1.97. The monoisotopic (exact) mass is 156 g/mol. The molecule has 0 spiro atoms.